The van der Waals surface area contributed by atoms with Crippen molar-refractivity contribution in [1.29, 1.82) is 0 Å². The van der Waals surface area contributed by atoms with Crippen LogP contribution in [0, 0.1) is 12.8 Å². The van der Waals surface area contributed by atoms with Gasteiger partial charge in [-0.25, -0.2) is 4.79 Å². The van der Waals surface area contributed by atoms with Gasteiger partial charge in [-0.15, -0.1) is 11.3 Å². The maximum absolute atomic E-state index is 12.1. The first-order valence-corrected chi connectivity index (χ1v) is 7.40. The van der Waals surface area contributed by atoms with E-state index >= 15 is 0 Å². The molecule has 0 fully saturated rings. The van der Waals surface area contributed by atoms with Gasteiger partial charge in [0, 0.05) is 0 Å². The highest BCUT2D eigenvalue weighted by molar-refractivity contribution is 7.17. The lowest BCUT2D eigenvalue weighted by molar-refractivity contribution is -0.140. The number of carboxylic acid groups (broad SMARTS) is 1. The number of carbonyl (C=O) groups excluding carboxylic acids is 1. The van der Waals surface area contributed by atoms with Crippen LogP contribution in [0.25, 0.3) is 10.6 Å². The van der Waals surface area contributed by atoms with Crippen molar-refractivity contribution in [3.8, 4) is 10.6 Å². The number of furan rings is 1. The van der Waals surface area contributed by atoms with E-state index < -0.39 is 12.0 Å². The first-order chi connectivity index (χ1) is 9.88. The molecular formula is C15H17NO4S. The second kappa shape index (κ2) is 6.13. The summed E-state index contributed by atoms with van der Waals surface area (Å²) >= 11 is 1.27. The van der Waals surface area contributed by atoms with Crippen molar-refractivity contribution in [2.75, 3.05) is 0 Å². The van der Waals surface area contributed by atoms with Crippen LogP contribution in [0.3, 0.4) is 0 Å². The fourth-order valence-corrected chi connectivity index (χ4v) is 2.76. The highest BCUT2D eigenvalue weighted by Crippen LogP contribution is 2.29. The normalized spacial score (nSPS) is 12.4. The Kier molecular flexibility index (Phi) is 4.47. The Morgan fingerprint density at radius 1 is 1.24 bits per heavy atom. The van der Waals surface area contributed by atoms with Crippen molar-refractivity contribution in [3.05, 3.63) is 34.9 Å². The van der Waals surface area contributed by atoms with E-state index in [0.29, 0.717) is 10.6 Å². The van der Waals surface area contributed by atoms with Gasteiger partial charge in [0.1, 0.15) is 17.6 Å². The largest absolute Gasteiger partial charge is 0.480 e. The Balaban J connectivity index is 2.14. The van der Waals surface area contributed by atoms with Crippen LogP contribution in [0.4, 0.5) is 0 Å². The molecule has 21 heavy (non-hydrogen) atoms. The fourth-order valence-electron chi connectivity index (χ4n) is 1.89. The van der Waals surface area contributed by atoms with Crippen molar-refractivity contribution >= 4 is 23.2 Å². The summed E-state index contributed by atoms with van der Waals surface area (Å²) in [6, 6.07) is 6.27. The van der Waals surface area contributed by atoms with Crippen molar-refractivity contribution in [3.63, 3.8) is 0 Å². The van der Waals surface area contributed by atoms with Gasteiger partial charge in [-0.1, -0.05) is 13.8 Å². The Bertz CT molecular complexity index is 656. The molecule has 2 aromatic rings. The minimum Gasteiger partial charge on any atom is -0.480 e. The van der Waals surface area contributed by atoms with Crippen LogP contribution < -0.4 is 5.32 Å². The third-order valence-electron chi connectivity index (χ3n) is 3.03. The highest BCUT2D eigenvalue weighted by Gasteiger charge is 2.24. The first-order valence-electron chi connectivity index (χ1n) is 6.59. The second-order valence-electron chi connectivity index (χ2n) is 5.11. The number of rotatable bonds is 5. The number of hydrogen-bond donors (Lipinski definition) is 2. The number of amides is 1. The first kappa shape index (κ1) is 15.3. The Morgan fingerprint density at radius 2 is 1.95 bits per heavy atom. The molecule has 1 unspecified atom stereocenters. The van der Waals surface area contributed by atoms with Crippen LogP contribution in [0.2, 0.25) is 0 Å². The summed E-state index contributed by atoms with van der Waals surface area (Å²) in [6.07, 6.45) is 0. The summed E-state index contributed by atoms with van der Waals surface area (Å²) in [5.74, 6) is -0.0867. The minimum absolute atomic E-state index is 0.182. The molecular weight excluding hydrogens is 290 g/mol. The maximum atomic E-state index is 12.1. The van der Waals surface area contributed by atoms with E-state index in [-0.39, 0.29) is 11.8 Å². The van der Waals surface area contributed by atoms with E-state index in [0.717, 1.165) is 10.6 Å². The van der Waals surface area contributed by atoms with E-state index in [1.807, 2.05) is 19.1 Å². The molecule has 2 heterocycles. The molecule has 2 rings (SSSR count). The quantitative estimate of drug-likeness (QED) is 0.889. The zero-order valence-electron chi connectivity index (χ0n) is 12.0. The molecule has 0 aromatic carbocycles. The SMILES string of the molecule is Cc1ccc(-c2ccc(C(=O)NC(C(=O)O)C(C)C)s2)o1. The fraction of sp³-hybridized carbons (Fsp3) is 0.333. The van der Waals surface area contributed by atoms with Gasteiger partial charge in [-0.3, -0.25) is 4.79 Å². The number of hydrogen-bond acceptors (Lipinski definition) is 4. The summed E-state index contributed by atoms with van der Waals surface area (Å²) < 4.78 is 5.50. The van der Waals surface area contributed by atoms with Crippen LogP contribution in [0.5, 0.6) is 0 Å². The van der Waals surface area contributed by atoms with Crippen molar-refractivity contribution in [2.24, 2.45) is 5.92 Å². The van der Waals surface area contributed by atoms with Gasteiger partial charge in [0.25, 0.3) is 5.91 Å². The molecule has 112 valence electrons. The molecule has 0 aliphatic heterocycles. The lowest BCUT2D eigenvalue weighted by Crippen LogP contribution is -2.44. The number of aryl methyl sites for hydroxylation is 1. The average Bonchev–Trinajstić information content (AvgIpc) is 3.03. The molecule has 0 aliphatic rings. The molecule has 0 aliphatic carbocycles. The molecule has 2 aromatic heterocycles. The van der Waals surface area contributed by atoms with E-state index in [1.165, 1.54) is 11.3 Å². The lowest BCUT2D eigenvalue weighted by atomic mass is 10.0. The predicted molar refractivity (Wildman–Crippen MR) is 80.5 cm³/mol. The molecule has 0 saturated heterocycles. The summed E-state index contributed by atoms with van der Waals surface area (Å²) in [6.45, 7) is 5.36. The molecule has 0 spiro atoms. The van der Waals surface area contributed by atoms with Crippen molar-refractivity contribution < 1.29 is 19.1 Å². The average molecular weight is 307 g/mol. The van der Waals surface area contributed by atoms with Gasteiger partial charge in [0.05, 0.1) is 9.75 Å². The summed E-state index contributed by atoms with van der Waals surface area (Å²) in [5.41, 5.74) is 0. The molecule has 5 nitrogen and oxygen atoms in total. The van der Waals surface area contributed by atoms with Gasteiger partial charge in [-0.05, 0) is 37.1 Å². The number of thiophene rings is 1. The van der Waals surface area contributed by atoms with Crippen LogP contribution in [-0.4, -0.2) is 23.0 Å². The van der Waals surface area contributed by atoms with Gasteiger partial charge in [-0.2, -0.15) is 0 Å². The minimum atomic E-state index is -1.03. The van der Waals surface area contributed by atoms with Gasteiger partial charge < -0.3 is 14.8 Å². The third-order valence-corrected chi connectivity index (χ3v) is 4.13. The summed E-state index contributed by atoms with van der Waals surface area (Å²) in [7, 11) is 0. The smallest absolute Gasteiger partial charge is 0.326 e. The van der Waals surface area contributed by atoms with Crippen LogP contribution in [0.15, 0.2) is 28.7 Å². The molecule has 2 N–H and O–H groups in total. The highest BCUT2D eigenvalue weighted by atomic mass is 32.1. The van der Waals surface area contributed by atoms with E-state index in [9.17, 15) is 9.59 Å². The zero-order valence-corrected chi connectivity index (χ0v) is 12.9. The monoisotopic (exact) mass is 307 g/mol. The standard InChI is InChI=1S/C15H17NO4S/c1-8(2)13(15(18)19)16-14(17)12-7-6-11(21-12)10-5-4-9(3)20-10/h4-8,13H,1-3H3,(H,16,17)(H,18,19). The topological polar surface area (TPSA) is 79.5 Å². The summed E-state index contributed by atoms with van der Waals surface area (Å²) in [4.78, 5) is 24.5. The number of carboxylic acids is 1. The number of carbonyl (C=O) groups is 2. The Labute approximate surface area is 126 Å². The van der Waals surface area contributed by atoms with Gasteiger partial charge in [0.15, 0.2) is 0 Å². The molecule has 1 amide bonds. The number of nitrogens with one attached hydrogen (secondary N) is 1. The maximum Gasteiger partial charge on any atom is 0.326 e. The molecule has 0 bridgehead atoms. The molecule has 0 radical (unpaired) electrons. The van der Waals surface area contributed by atoms with Crippen LogP contribution in [-0.2, 0) is 4.79 Å². The van der Waals surface area contributed by atoms with Crippen LogP contribution >= 0.6 is 11.3 Å². The third kappa shape index (κ3) is 3.52. The van der Waals surface area contributed by atoms with E-state index in [1.54, 1.807) is 26.0 Å². The molecule has 1 atom stereocenters. The van der Waals surface area contributed by atoms with Crippen molar-refractivity contribution in [1.82, 2.24) is 5.32 Å². The van der Waals surface area contributed by atoms with Gasteiger partial charge in [0.2, 0.25) is 0 Å². The Morgan fingerprint density at radius 3 is 2.48 bits per heavy atom. The number of aliphatic carboxylic acids is 1. The molecule has 6 heteroatoms. The zero-order chi connectivity index (χ0) is 15.6. The van der Waals surface area contributed by atoms with Crippen molar-refractivity contribution in [2.45, 2.75) is 26.8 Å². The van der Waals surface area contributed by atoms with E-state index in [4.69, 9.17) is 9.52 Å². The lowest BCUT2D eigenvalue weighted by Gasteiger charge is -2.17. The second-order valence-corrected chi connectivity index (χ2v) is 6.19. The van der Waals surface area contributed by atoms with Gasteiger partial charge >= 0.3 is 5.97 Å². The van der Waals surface area contributed by atoms with E-state index in [2.05, 4.69) is 5.32 Å². The predicted octanol–water partition coefficient (Wildman–Crippen LogP) is 3.16. The van der Waals surface area contributed by atoms with Crippen LogP contribution in [0.1, 0.15) is 29.3 Å². The Hall–Kier alpha value is -2.08. The molecule has 0 saturated carbocycles. The summed E-state index contributed by atoms with van der Waals surface area (Å²) in [5, 5.41) is 11.6.